The molecule has 0 amide bonds. The van der Waals surface area contributed by atoms with Gasteiger partial charge in [0.25, 0.3) is 0 Å². The Kier molecular flexibility index (Phi) is 6.16. The van der Waals surface area contributed by atoms with Gasteiger partial charge in [0.2, 0.25) is 0 Å². The Morgan fingerprint density at radius 1 is 0.692 bits per heavy atom. The van der Waals surface area contributed by atoms with E-state index in [1.165, 1.54) is 48.5 Å². The first-order chi connectivity index (χ1) is 12.4. The Balaban J connectivity index is 2.20. The van der Waals surface area contributed by atoms with Gasteiger partial charge in [0.05, 0.1) is 0 Å². The van der Waals surface area contributed by atoms with Crippen molar-refractivity contribution in [3.05, 3.63) is 85.0 Å². The number of carbonyl (C=O) groups excluding carboxylic acids is 2. The number of carbonyl (C=O) groups is 2. The van der Waals surface area contributed by atoms with E-state index in [0.717, 1.165) is 12.2 Å². The fourth-order valence-electron chi connectivity index (χ4n) is 1.91. The summed E-state index contributed by atoms with van der Waals surface area (Å²) in [5.41, 5.74) is -0.0499. The van der Waals surface area contributed by atoms with Crippen LogP contribution in [0.1, 0.15) is 11.1 Å². The van der Waals surface area contributed by atoms with Crippen LogP contribution in [0.5, 0.6) is 11.5 Å². The van der Waals surface area contributed by atoms with E-state index in [4.69, 9.17) is 9.47 Å². The van der Waals surface area contributed by atoms with Crippen molar-refractivity contribution in [2.24, 2.45) is 0 Å². The first-order valence-electron chi connectivity index (χ1n) is 7.39. The van der Waals surface area contributed by atoms with Gasteiger partial charge in [0.15, 0.2) is 11.7 Å². The maximum atomic E-state index is 14.3. The molecule has 0 unspecified atom stereocenters. The van der Waals surface area contributed by atoms with Crippen LogP contribution >= 0.6 is 0 Å². The zero-order valence-corrected chi connectivity index (χ0v) is 13.6. The van der Waals surface area contributed by atoms with Crippen LogP contribution in [0.25, 0.3) is 11.7 Å². The highest BCUT2D eigenvalue weighted by Crippen LogP contribution is 2.30. The number of halogens is 2. The van der Waals surface area contributed by atoms with Gasteiger partial charge >= 0.3 is 11.9 Å². The molecule has 0 heterocycles. The summed E-state index contributed by atoms with van der Waals surface area (Å²) >= 11 is 0. The topological polar surface area (TPSA) is 52.6 Å². The van der Waals surface area contributed by atoms with Crippen molar-refractivity contribution in [1.29, 1.82) is 0 Å². The van der Waals surface area contributed by atoms with Gasteiger partial charge in [0.1, 0.15) is 11.5 Å². The number of esters is 2. The molecule has 0 radical (unpaired) electrons. The Morgan fingerprint density at radius 2 is 1.00 bits per heavy atom. The van der Waals surface area contributed by atoms with E-state index in [-0.39, 0.29) is 22.6 Å². The molecule has 2 rings (SSSR count). The van der Waals surface area contributed by atoms with E-state index in [2.05, 4.69) is 13.2 Å². The van der Waals surface area contributed by atoms with Crippen LogP contribution in [0.2, 0.25) is 0 Å². The summed E-state index contributed by atoms with van der Waals surface area (Å²) in [4.78, 5) is 22.2. The molecule has 0 spiro atoms. The first-order valence-corrected chi connectivity index (χ1v) is 7.39. The lowest BCUT2D eigenvalue weighted by Gasteiger charge is -2.06. The molecule has 0 fully saturated rings. The van der Waals surface area contributed by atoms with Crippen molar-refractivity contribution in [1.82, 2.24) is 0 Å². The van der Waals surface area contributed by atoms with Crippen LogP contribution in [0.15, 0.2) is 73.8 Å². The van der Waals surface area contributed by atoms with Gasteiger partial charge in [-0.25, -0.2) is 18.4 Å². The SMILES string of the molecule is C=CC(=O)Oc1ccc(C(F)=C(F)c2ccc(OC(=O)C=C)cc2)cc1. The van der Waals surface area contributed by atoms with E-state index in [1.807, 2.05) is 0 Å². The summed E-state index contributed by atoms with van der Waals surface area (Å²) in [6, 6.07) is 10.5. The second kappa shape index (κ2) is 8.53. The average molecular weight is 356 g/mol. The third-order valence-electron chi connectivity index (χ3n) is 3.18. The zero-order valence-electron chi connectivity index (χ0n) is 13.6. The Hall–Kier alpha value is -3.54. The highest BCUT2D eigenvalue weighted by atomic mass is 19.2. The number of ether oxygens (including phenoxy) is 2. The van der Waals surface area contributed by atoms with E-state index in [1.54, 1.807) is 0 Å². The van der Waals surface area contributed by atoms with Crippen LogP contribution in [-0.2, 0) is 9.59 Å². The molecular formula is C20H14F2O4. The summed E-state index contributed by atoms with van der Waals surface area (Å²) in [5.74, 6) is -3.11. The molecule has 2 aromatic carbocycles. The third-order valence-corrected chi connectivity index (χ3v) is 3.18. The van der Waals surface area contributed by atoms with Gasteiger partial charge in [-0.05, 0) is 48.5 Å². The normalized spacial score (nSPS) is 11.2. The number of hydrogen-bond donors (Lipinski definition) is 0. The summed E-state index contributed by atoms with van der Waals surface area (Å²) in [6.07, 6.45) is 1.98. The zero-order chi connectivity index (χ0) is 19.1. The molecule has 132 valence electrons. The van der Waals surface area contributed by atoms with Crippen molar-refractivity contribution in [3.8, 4) is 11.5 Å². The van der Waals surface area contributed by atoms with E-state index in [0.29, 0.717) is 0 Å². The Morgan fingerprint density at radius 3 is 1.27 bits per heavy atom. The highest BCUT2D eigenvalue weighted by molar-refractivity contribution is 5.85. The van der Waals surface area contributed by atoms with Gasteiger partial charge in [-0.3, -0.25) is 0 Å². The molecule has 0 atom stereocenters. The molecule has 4 nitrogen and oxygen atoms in total. The summed E-state index contributed by atoms with van der Waals surface area (Å²) in [5, 5.41) is 0. The maximum Gasteiger partial charge on any atom is 0.335 e. The van der Waals surface area contributed by atoms with E-state index in [9.17, 15) is 18.4 Å². The quantitative estimate of drug-likeness (QED) is 0.328. The van der Waals surface area contributed by atoms with E-state index >= 15 is 0 Å². The standard InChI is InChI=1S/C20H14F2O4/c1-3-17(23)25-15-9-5-13(6-10-15)19(21)20(22)14-7-11-16(12-8-14)26-18(24)4-2/h3-12H,1-2H2. The molecule has 26 heavy (non-hydrogen) atoms. The number of hydrogen-bond acceptors (Lipinski definition) is 4. The second-order valence-electron chi connectivity index (χ2n) is 4.93. The molecule has 0 aliphatic carbocycles. The maximum absolute atomic E-state index is 14.3. The van der Waals surface area contributed by atoms with Gasteiger partial charge in [-0.15, -0.1) is 0 Å². The largest absolute Gasteiger partial charge is 0.423 e. The molecule has 0 saturated heterocycles. The fourth-order valence-corrected chi connectivity index (χ4v) is 1.91. The van der Waals surface area contributed by atoms with Gasteiger partial charge < -0.3 is 9.47 Å². The monoisotopic (exact) mass is 356 g/mol. The van der Waals surface area contributed by atoms with Crippen LogP contribution in [0.4, 0.5) is 8.78 Å². The third kappa shape index (κ3) is 4.73. The van der Waals surface area contributed by atoms with E-state index < -0.39 is 23.6 Å². The molecule has 0 bridgehead atoms. The van der Waals surface area contributed by atoms with Crippen molar-refractivity contribution >= 4 is 23.6 Å². The lowest BCUT2D eigenvalue weighted by molar-refractivity contribution is -0.129. The molecule has 2 aromatic rings. The lowest BCUT2D eigenvalue weighted by Crippen LogP contribution is -2.02. The lowest BCUT2D eigenvalue weighted by atomic mass is 10.1. The molecule has 0 saturated carbocycles. The summed E-state index contributed by atoms with van der Waals surface area (Å²) in [6.45, 7) is 6.52. The minimum atomic E-state index is -1.08. The Bertz CT molecular complexity index is 792. The molecule has 0 aliphatic rings. The minimum absolute atomic E-state index is 0.0249. The smallest absolute Gasteiger partial charge is 0.335 e. The van der Waals surface area contributed by atoms with Crippen molar-refractivity contribution < 1.29 is 27.8 Å². The number of rotatable bonds is 6. The molecular weight excluding hydrogens is 342 g/mol. The molecule has 0 aromatic heterocycles. The number of benzene rings is 2. The molecule has 6 heteroatoms. The summed E-state index contributed by atoms with van der Waals surface area (Å²) < 4.78 is 38.4. The van der Waals surface area contributed by atoms with Crippen LogP contribution in [0, 0.1) is 0 Å². The first kappa shape index (κ1) is 18.8. The predicted molar refractivity (Wildman–Crippen MR) is 93.6 cm³/mol. The summed E-state index contributed by atoms with van der Waals surface area (Å²) in [7, 11) is 0. The van der Waals surface area contributed by atoms with Gasteiger partial charge in [-0.1, -0.05) is 13.2 Å². The van der Waals surface area contributed by atoms with Gasteiger partial charge in [-0.2, -0.15) is 0 Å². The average Bonchev–Trinajstić information content (AvgIpc) is 2.67. The van der Waals surface area contributed by atoms with Crippen molar-refractivity contribution in [2.75, 3.05) is 0 Å². The van der Waals surface area contributed by atoms with Crippen molar-refractivity contribution in [3.63, 3.8) is 0 Å². The van der Waals surface area contributed by atoms with Gasteiger partial charge in [0, 0.05) is 23.3 Å². The fraction of sp³-hybridized carbons (Fsp3) is 0. The second-order valence-corrected chi connectivity index (χ2v) is 4.93. The minimum Gasteiger partial charge on any atom is -0.423 e. The molecule has 0 N–H and O–H groups in total. The van der Waals surface area contributed by atoms with Crippen LogP contribution < -0.4 is 9.47 Å². The molecule has 0 aliphatic heterocycles. The van der Waals surface area contributed by atoms with Crippen LogP contribution in [0.3, 0.4) is 0 Å². The van der Waals surface area contributed by atoms with Crippen LogP contribution in [-0.4, -0.2) is 11.9 Å². The van der Waals surface area contributed by atoms with Crippen molar-refractivity contribution in [2.45, 2.75) is 0 Å². The predicted octanol–water partition coefficient (Wildman–Crippen LogP) is 4.63. The highest BCUT2D eigenvalue weighted by Gasteiger charge is 2.12. The Labute approximate surface area is 148 Å².